The molecular weight excluding hydrogens is 277 g/mol. The maximum atomic E-state index is 13.5. The Balaban J connectivity index is 2.22. The Morgan fingerprint density at radius 1 is 1.47 bits per heavy atom. The van der Waals surface area contributed by atoms with Gasteiger partial charge in [-0.15, -0.1) is 10.2 Å². The van der Waals surface area contributed by atoms with Crippen LogP contribution in [0.3, 0.4) is 0 Å². The van der Waals surface area contributed by atoms with Crippen LogP contribution in [0.5, 0.6) is 0 Å². The third-order valence-corrected chi connectivity index (χ3v) is 2.74. The summed E-state index contributed by atoms with van der Waals surface area (Å²) in [6.07, 6.45) is 0. The van der Waals surface area contributed by atoms with Crippen LogP contribution in [-0.4, -0.2) is 21.0 Å². The van der Waals surface area contributed by atoms with Crippen LogP contribution in [-0.2, 0) is 0 Å². The summed E-state index contributed by atoms with van der Waals surface area (Å²) in [7, 11) is 0. The minimum absolute atomic E-state index is 0.111. The van der Waals surface area contributed by atoms with E-state index in [1.807, 2.05) is 0 Å². The number of carbonyl (C=O) groups excluding carboxylic acids is 1. The van der Waals surface area contributed by atoms with Gasteiger partial charge in [-0.05, 0) is 6.07 Å². The number of carbonyl (C=O) groups is 1. The van der Waals surface area contributed by atoms with Gasteiger partial charge in [-0.1, -0.05) is 11.3 Å². The second kappa shape index (κ2) is 4.94. The van der Waals surface area contributed by atoms with Gasteiger partial charge >= 0.3 is 0 Å². The van der Waals surface area contributed by atoms with Crippen molar-refractivity contribution in [3.05, 3.63) is 39.7 Å². The van der Waals surface area contributed by atoms with Gasteiger partial charge < -0.3 is 5.73 Å². The van der Waals surface area contributed by atoms with Crippen molar-refractivity contribution in [3.8, 4) is 0 Å². The summed E-state index contributed by atoms with van der Waals surface area (Å²) < 4.78 is 13.5. The molecule has 0 bridgehead atoms. The average molecular weight is 283 g/mol. The molecule has 0 spiro atoms. The second-order valence-electron chi connectivity index (χ2n) is 3.32. The number of nitrogen functional groups attached to an aromatic ring is 1. The number of nitro benzene ring substituents is 1. The van der Waals surface area contributed by atoms with E-state index in [4.69, 9.17) is 5.73 Å². The Bertz CT molecular complexity index is 659. The number of non-ortho nitro benzene ring substituents is 1. The van der Waals surface area contributed by atoms with Crippen LogP contribution in [0, 0.1) is 15.9 Å². The highest BCUT2D eigenvalue weighted by atomic mass is 32.1. The van der Waals surface area contributed by atoms with Crippen LogP contribution in [0.15, 0.2) is 18.2 Å². The monoisotopic (exact) mass is 283 g/mol. The topological polar surface area (TPSA) is 124 Å². The first-order valence-electron chi connectivity index (χ1n) is 4.81. The zero-order chi connectivity index (χ0) is 14.0. The van der Waals surface area contributed by atoms with Gasteiger partial charge in [0.05, 0.1) is 16.6 Å². The fourth-order valence-corrected chi connectivity index (χ4v) is 1.76. The number of hydrogen-bond donors (Lipinski definition) is 2. The fraction of sp³-hybridized carbons (Fsp3) is 0. The van der Waals surface area contributed by atoms with Crippen LogP contribution in [0.25, 0.3) is 0 Å². The van der Waals surface area contributed by atoms with Crippen LogP contribution >= 0.6 is 11.3 Å². The summed E-state index contributed by atoms with van der Waals surface area (Å²) in [6.45, 7) is 0. The highest BCUT2D eigenvalue weighted by molar-refractivity contribution is 7.19. The van der Waals surface area contributed by atoms with E-state index in [2.05, 4.69) is 15.5 Å². The molecule has 3 N–H and O–H groups in total. The first-order valence-corrected chi connectivity index (χ1v) is 5.63. The zero-order valence-electron chi connectivity index (χ0n) is 9.16. The number of hydrogen-bond acceptors (Lipinski definition) is 7. The summed E-state index contributed by atoms with van der Waals surface area (Å²) in [5.74, 6) is -1.78. The molecule has 1 aromatic carbocycles. The predicted octanol–water partition coefficient (Wildman–Crippen LogP) is 1.42. The van der Waals surface area contributed by atoms with Gasteiger partial charge in [-0.2, -0.15) is 0 Å². The molecule has 0 radical (unpaired) electrons. The Morgan fingerprint density at radius 2 is 2.21 bits per heavy atom. The van der Waals surface area contributed by atoms with Crippen LogP contribution < -0.4 is 11.1 Å². The molecular formula is C9H6FN5O3S. The molecule has 1 aromatic heterocycles. The molecule has 0 atom stereocenters. The van der Waals surface area contributed by atoms with E-state index in [1.54, 1.807) is 0 Å². The Labute approximate surface area is 109 Å². The molecule has 1 amide bonds. The highest BCUT2D eigenvalue weighted by Gasteiger charge is 2.17. The van der Waals surface area contributed by atoms with Gasteiger partial charge in [0, 0.05) is 6.07 Å². The van der Waals surface area contributed by atoms with Crippen molar-refractivity contribution in [1.82, 2.24) is 10.2 Å². The molecule has 0 aliphatic heterocycles. The van der Waals surface area contributed by atoms with Crippen LogP contribution in [0.2, 0.25) is 0 Å². The molecule has 0 unspecified atom stereocenters. The molecule has 2 aromatic rings. The van der Waals surface area contributed by atoms with Crippen molar-refractivity contribution in [2.75, 3.05) is 11.1 Å². The minimum atomic E-state index is -0.996. The van der Waals surface area contributed by atoms with Gasteiger partial charge in [-0.3, -0.25) is 20.2 Å². The Hall–Kier alpha value is -2.62. The number of rotatable bonds is 3. The highest BCUT2D eigenvalue weighted by Crippen LogP contribution is 2.20. The lowest BCUT2D eigenvalue weighted by atomic mass is 10.2. The number of nitro groups is 1. The maximum absolute atomic E-state index is 13.5. The lowest BCUT2D eigenvalue weighted by Gasteiger charge is -2.02. The first-order chi connectivity index (χ1) is 8.97. The molecule has 0 aliphatic carbocycles. The number of nitrogens with two attached hydrogens (primary N) is 1. The average Bonchev–Trinajstić information content (AvgIpc) is 2.74. The van der Waals surface area contributed by atoms with Crippen molar-refractivity contribution >= 4 is 33.2 Å². The number of nitrogens with zero attached hydrogens (tertiary/aromatic N) is 3. The number of halogens is 1. The van der Waals surface area contributed by atoms with Gasteiger partial charge in [-0.25, -0.2) is 4.39 Å². The van der Waals surface area contributed by atoms with E-state index in [1.165, 1.54) is 0 Å². The van der Waals surface area contributed by atoms with Crippen LogP contribution in [0.4, 0.5) is 20.3 Å². The number of amides is 1. The Kier molecular flexibility index (Phi) is 3.33. The van der Waals surface area contributed by atoms with E-state index in [-0.39, 0.29) is 15.8 Å². The number of nitrogens with one attached hydrogen (secondary N) is 1. The van der Waals surface area contributed by atoms with Gasteiger partial charge in [0.15, 0.2) is 0 Å². The molecule has 2 rings (SSSR count). The van der Waals surface area contributed by atoms with E-state index < -0.39 is 22.3 Å². The quantitative estimate of drug-likeness (QED) is 0.648. The van der Waals surface area contributed by atoms with E-state index in [0.717, 1.165) is 23.5 Å². The molecule has 98 valence electrons. The maximum Gasteiger partial charge on any atom is 0.272 e. The summed E-state index contributed by atoms with van der Waals surface area (Å²) in [5.41, 5.74) is 4.55. The van der Waals surface area contributed by atoms with Crippen molar-refractivity contribution in [2.45, 2.75) is 0 Å². The number of aromatic nitrogens is 2. The third kappa shape index (κ3) is 2.80. The summed E-state index contributed by atoms with van der Waals surface area (Å²) in [6, 6.07) is 2.73. The molecule has 0 saturated heterocycles. The lowest BCUT2D eigenvalue weighted by Crippen LogP contribution is -2.13. The lowest BCUT2D eigenvalue weighted by molar-refractivity contribution is -0.385. The molecule has 0 aliphatic rings. The van der Waals surface area contributed by atoms with Gasteiger partial charge in [0.1, 0.15) is 5.82 Å². The smallest absolute Gasteiger partial charge is 0.272 e. The zero-order valence-corrected chi connectivity index (χ0v) is 9.98. The van der Waals surface area contributed by atoms with Crippen LogP contribution in [0.1, 0.15) is 10.4 Å². The number of anilines is 2. The molecule has 1 heterocycles. The Morgan fingerprint density at radius 3 is 2.74 bits per heavy atom. The standard InChI is InChI=1S/C9H6FN5O3S/c10-6-3-4(15(17)18)1-2-5(6)7(16)12-9-14-13-8(11)19-9/h1-3H,(H2,11,13)(H,12,14,16). The number of benzene rings is 1. The van der Waals surface area contributed by atoms with Crippen molar-refractivity contribution in [1.29, 1.82) is 0 Å². The molecule has 10 heteroatoms. The van der Waals surface area contributed by atoms with E-state index in [0.29, 0.717) is 6.07 Å². The largest absolute Gasteiger partial charge is 0.374 e. The summed E-state index contributed by atoms with van der Waals surface area (Å²) in [5, 5.41) is 20.0. The second-order valence-corrected chi connectivity index (χ2v) is 4.33. The first kappa shape index (κ1) is 12.8. The van der Waals surface area contributed by atoms with Crippen molar-refractivity contribution in [3.63, 3.8) is 0 Å². The molecule has 0 saturated carbocycles. The van der Waals surface area contributed by atoms with Gasteiger partial charge in [0.25, 0.3) is 11.6 Å². The minimum Gasteiger partial charge on any atom is -0.374 e. The van der Waals surface area contributed by atoms with E-state index in [9.17, 15) is 19.3 Å². The van der Waals surface area contributed by atoms with E-state index >= 15 is 0 Å². The molecule has 19 heavy (non-hydrogen) atoms. The summed E-state index contributed by atoms with van der Waals surface area (Å²) in [4.78, 5) is 21.4. The summed E-state index contributed by atoms with van der Waals surface area (Å²) >= 11 is 0.918. The fourth-order valence-electron chi connectivity index (χ4n) is 1.25. The third-order valence-electron chi connectivity index (χ3n) is 2.07. The van der Waals surface area contributed by atoms with Crippen molar-refractivity contribution < 1.29 is 14.1 Å². The SMILES string of the molecule is Nc1nnc(NC(=O)c2ccc([N+](=O)[O-])cc2F)s1. The molecule has 0 fully saturated rings. The predicted molar refractivity (Wildman–Crippen MR) is 65.3 cm³/mol. The normalized spacial score (nSPS) is 10.2. The van der Waals surface area contributed by atoms with Crippen molar-refractivity contribution in [2.24, 2.45) is 0 Å². The molecule has 8 nitrogen and oxygen atoms in total. The van der Waals surface area contributed by atoms with Gasteiger partial charge in [0.2, 0.25) is 10.3 Å².